The molecule has 29 heavy (non-hydrogen) atoms. The van der Waals surface area contributed by atoms with E-state index in [1.165, 1.54) is 12.1 Å². The number of pyridine rings is 1. The van der Waals surface area contributed by atoms with E-state index in [0.29, 0.717) is 16.1 Å². The van der Waals surface area contributed by atoms with Gasteiger partial charge in [0, 0.05) is 16.8 Å². The van der Waals surface area contributed by atoms with Crippen molar-refractivity contribution in [1.82, 2.24) is 4.40 Å². The predicted octanol–water partition coefficient (Wildman–Crippen LogP) is 4.57. The quantitative estimate of drug-likeness (QED) is 0.437. The van der Waals surface area contributed by atoms with Gasteiger partial charge in [0.05, 0.1) is 35.0 Å². The summed E-state index contributed by atoms with van der Waals surface area (Å²) in [6.45, 7) is 5.38. The first kappa shape index (κ1) is 20.6. The highest BCUT2D eigenvalue weighted by Gasteiger charge is 2.23. The number of nitrogens with zero attached hydrogens (tertiary/aromatic N) is 1. The van der Waals surface area contributed by atoms with Crippen molar-refractivity contribution in [2.75, 3.05) is 6.61 Å². The number of aromatic nitrogens is 1. The Bertz CT molecular complexity index is 1080. The van der Waals surface area contributed by atoms with Gasteiger partial charge in [-0.2, -0.15) is 0 Å². The fourth-order valence-electron chi connectivity index (χ4n) is 2.90. The van der Waals surface area contributed by atoms with Gasteiger partial charge in [0.25, 0.3) is 0 Å². The fraction of sp³-hybridized carbons (Fsp3) is 0.227. The molecule has 0 bridgehead atoms. The van der Waals surface area contributed by atoms with E-state index < -0.39 is 11.9 Å². The average molecular weight is 414 g/mol. The molecule has 2 heterocycles. The molecule has 0 spiro atoms. The number of ketones is 1. The first-order chi connectivity index (χ1) is 13.8. The van der Waals surface area contributed by atoms with Crippen molar-refractivity contribution in [3.8, 4) is 0 Å². The molecule has 1 aromatic carbocycles. The lowest BCUT2D eigenvalue weighted by atomic mass is 10.1. The van der Waals surface area contributed by atoms with Crippen LogP contribution in [0.4, 0.5) is 0 Å². The molecule has 150 valence electrons. The Morgan fingerprint density at radius 2 is 1.69 bits per heavy atom. The topological polar surface area (TPSA) is 74.1 Å². The summed E-state index contributed by atoms with van der Waals surface area (Å²) in [6.07, 6.45) is 1.29. The number of halogens is 1. The van der Waals surface area contributed by atoms with Crippen LogP contribution in [0.2, 0.25) is 5.02 Å². The Hall–Kier alpha value is -3.12. The second kappa shape index (κ2) is 8.49. The lowest BCUT2D eigenvalue weighted by Crippen LogP contribution is -2.12. The van der Waals surface area contributed by atoms with E-state index in [4.69, 9.17) is 21.1 Å². The minimum absolute atomic E-state index is 0.186. The van der Waals surface area contributed by atoms with Gasteiger partial charge < -0.3 is 13.9 Å². The summed E-state index contributed by atoms with van der Waals surface area (Å²) >= 11 is 5.90. The van der Waals surface area contributed by atoms with Crippen LogP contribution >= 0.6 is 11.6 Å². The number of hydrogen-bond acceptors (Lipinski definition) is 5. The number of carbonyl (C=O) groups excluding carboxylic acids is 3. The van der Waals surface area contributed by atoms with Crippen LogP contribution in [0.15, 0.2) is 48.7 Å². The van der Waals surface area contributed by atoms with Crippen molar-refractivity contribution in [1.29, 1.82) is 0 Å². The van der Waals surface area contributed by atoms with Crippen LogP contribution in [0.3, 0.4) is 0 Å². The van der Waals surface area contributed by atoms with Gasteiger partial charge in [0.1, 0.15) is 0 Å². The SMILES string of the molecule is CCOC(=O)c1cc(C(=O)c2ccc(Cl)cc2)n2ccc(C(=O)OC(C)C)cc12. The third-order valence-corrected chi connectivity index (χ3v) is 4.44. The monoisotopic (exact) mass is 413 g/mol. The van der Waals surface area contributed by atoms with Crippen LogP contribution in [0.5, 0.6) is 0 Å². The lowest BCUT2D eigenvalue weighted by molar-refractivity contribution is 0.0377. The third kappa shape index (κ3) is 4.32. The lowest BCUT2D eigenvalue weighted by Gasteiger charge is -2.09. The number of benzene rings is 1. The number of fused-ring (bicyclic) bond motifs is 1. The van der Waals surface area contributed by atoms with E-state index in [2.05, 4.69) is 0 Å². The molecule has 7 heteroatoms. The maximum absolute atomic E-state index is 13.0. The minimum atomic E-state index is -0.575. The van der Waals surface area contributed by atoms with Gasteiger partial charge in [-0.3, -0.25) is 4.79 Å². The summed E-state index contributed by atoms with van der Waals surface area (Å²) in [5.74, 6) is -1.37. The number of hydrogen-bond donors (Lipinski definition) is 0. The highest BCUT2D eigenvalue weighted by molar-refractivity contribution is 6.30. The minimum Gasteiger partial charge on any atom is -0.462 e. The van der Waals surface area contributed by atoms with Gasteiger partial charge in [-0.15, -0.1) is 0 Å². The first-order valence-electron chi connectivity index (χ1n) is 9.15. The van der Waals surface area contributed by atoms with E-state index in [-0.39, 0.29) is 35.3 Å². The largest absolute Gasteiger partial charge is 0.462 e. The Morgan fingerprint density at radius 1 is 1.00 bits per heavy atom. The molecule has 0 atom stereocenters. The van der Waals surface area contributed by atoms with E-state index in [1.54, 1.807) is 61.7 Å². The first-order valence-corrected chi connectivity index (χ1v) is 9.53. The van der Waals surface area contributed by atoms with Crippen molar-refractivity contribution in [3.05, 3.63) is 76.1 Å². The van der Waals surface area contributed by atoms with E-state index >= 15 is 0 Å². The average Bonchev–Trinajstić information content (AvgIpc) is 3.06. The molecule has 6 nitrogen and oxygen atoms in total. The highest BCUT2D eigenvalue weighted by atomic mass is 35.5. The molecule has 0 fully saturated rings. The summed E-state index contributed by atoms with van der Waals surface area (Å²) in [6, 6.07) is 11.0. The Labute approximate surface area is 173 Å². The molecule has 0 unspecified atom stereocenters. The molecule has 0 aliphatic rings. The van der Waals surface area contributed by atoms with Crippen LogP contribution < -0.4 is 0 Å². The Morgan fingerprint density at radius 3 is 2.31 bits per heavy atom. The zero-order valence-corrected chi connectivity index (χ0v) is 17.0. The van der Waals surface area contributed by atoms with Gasteiger partial charge in [-0.05, 0) is 63.2 Å². The third-order valence-electron chi connectivity index (χ3n) is 4.18. The molecule has 0 radical (unpaired) electrons. The molecular weight excluding hydrogens is 394 g/mol. The smallest absolute Gasteiger partial charge is 0.340 e. The zero-order valence-electron chi connectivity index (χ0n) is 16.3. The van der Waals surface area contributed by atoms with Crippen molar-refractivity contribution in [3.63, 3.8) is 0 Å². The number of rotatable bonds is 6. The second-order valence-corrected chi connectivity index (χ2v) is 7.06. The maximum Gasteiger partial charge on any atom is 0.340 e. The molecule has 3 aromatic rings. The summed E-state index contributed by atoms with van der Waals surface area (Å²) in [7, 11) is 0. The molecule has 0 saturated carbocycles. The summed E-state index contributed by atoms with van der Waals surface area (Å²) < 4.78 is 11.9. The van der Waals surface area contributed by atoms with Gasteiger partial charge in [-0.1, -0.05) is 11.6 Å². The second-order valence-electron chi connectivity index (χ2n) is 6.62. The van der Waals surface area contributed by atoms with E-state index in [9.17, 15) is 14.4 Å². The van der Waals surface area contributed by atoms with Crippen LogP contribution in [-0.4, -0.2) is 34.8 Å². The van der Waals surface area contributed by atoms with Crippen molar-refractivity contribution < 1.29 is 23.9 Å². The summed E-state index contributed by atoms with van der Waals surface area (Å²) in [5, 5.41) is 0.516. The summed E-state index contributed by atoms with van der Waals surface area (Å²) in [5.41, 5.74) is 1.56. The molecule has 0 N–H and O–H groups in total. The van der Waals surface area contributed by atoms with Crippen LogP contribution in [0.1, 0.15) is 57.5 Å². The van der Waals surface area contributed by atoms with Gasteiger partial charge in [0.2, 0.25) is 5.78 Å². The number of ether oxygens (including phenoxy) is 2. The van der Waals surface area contributed by atoms with Crippen molar-refractivity contribution in [2.45, 2.75) is 26.9 Å². The van der Waals surface area contributed by atoms with Crippen LogP contribution in [0.25, 0.3) is 5.52 Å². The van der Waals surface area contributed by atoms with Crippen molar-refractivity contribution in [2.24, 2.45) is 0 Å². The molecule has 0 aliphatic carbocycles. The van der Waals surface area contributed by atoms with Gasteiger partial charge in [0.15, 0.2) is 0 Å². The van der Waals surface area contributed by atoms with Gasteiger partial charge in [-0.25, -0.2) is 9.59 Å². The van der Waals surface area contributed by atoms with E-state index in [1.807, 2.05) is 0 Å². The summed E-state index contributed by atoms with van der Waals surface area (Å²) in [4.78, 5) is 37.7. The molecule has 0 saturated heterocycles. The van der Waals surface area contributed by atoms with Crippen LogP contribution in [0, 0.1) is 0 Å². The Kier molecular flexibility index (Phi) is 6.03. The molecule has 0 aliphatic heterocycles. The zero-order chi connectivity index (χ0) is 21.1. The maximum atomic E-state index is 13.0. The molecular formula is C22H20ClNO5. The highest BCUT2D eigenvalue weighted by Crippen LogP contribution is 2.23. The molecule has 2 aromatic heterocycles. The van der Waals surface area contributed by atoms with Crippen molar-refractivity contribution >= 4 is 34.8 Å². The van der Waals surface area contributed by atoms with Crippen LogP contribution in [-0.2, 0) is 9.47 Å². The standard InChI is InChI=1S/C22H20ClNO5/c1-4-28-22(27)17-12-19(20(25)14-5-7-16(23)8-6-14)24-10-9-15(11-18(17)24)21(26)29-13(2)3/h5-13H,4H2,1-3H3. The number of esters is 2. The number of carbonyl (C=O) groups is 3. The fourth-order valence-corrected chi connectivity index (χ4v) is 3.03. The Balaban J connectivity index is 2.13. The molecule has 3 rings (SSSR count). The molecule has 0 amide bonds. The normalized spacial score (nSPS) is 10.9. The van der Waals surface area contributed by atoms with Gasteiger partial charge >= 0.3 is 11.9 Å². The predicted molar refractivity (Wildman–Crippen MR) is 109 cm³/mol. The van der Waals surface area contributed by atoms with E-state index in [0.717, 1.165) is 0 Å².